The van der Waals surface area contributed by atoms with E-state index in [1.165, 1.54) is 60.2 Å². The predicted octanol–water partition coefficient (Wildman–Crippen LogP) is 10.5. The highest BCUT2D eigenvalue weighted by Crippen LogP contribution is 2.43. The number of benzene rings is 7. The smallest absolute Gasteiger partial charge is 0.0625 e. The molecule has 1 heterocycles. The molecule has 0 aliphatic heterocycles. The summed E-state index contributed by atoms with van der Waals surface area (Å²) in [5.41, 5.74) is 8.38. The predicted molar refractivity (Wildman–Crippen MR) is 176 cm³/mol. The molecule has 0 unspecified atom stereocenters. The van der Waals surface area contributed by atoms with Crippen LogP contribution in [0.2, 0.25) is 0 Å². The molecule has 0 aliphatic carbocycles. The van der Waals surface area contributed by atoms with Crippen LogP contribution in [0.4, 0.5) is 11.4 Å². The number of rotatable bonds is 4. The fourth-order valence-electron chi connectivity index (χ4n) is 6.40. The Bertz CT molecular complexity index is 2210. The van der Waals surface area contributed by atoms with Crippen LogP contribution in [0.15, 0.2) is 152 Å². The Labute approximate surface area is 239 Å². The second kappa shape index (κ2) is 9.39. The van der Waals surface area contributed by atoms with E-state index >= 15 is 0 Å². The molecule has 0 saturated carbocycles. The molecule has 0 atom stereocenters. The van der Waals surface area contributed by atoms with E-state index in [4.69, 9.17) is 0 Å². The molecule has 8 aromatic rings. The minimum atomic E-state index is 1.16. The van der Waals surface area contributed by atoms with Gasteiger partial charge in [-0.15, -0.1) is 0 Å². The van der Waals surface area contributed by atoms with Gasteiger partial charge in [0.15, 0.2) is 0 Å². The molecule has 0 spiro atoms. The van der Waals surface area contributed by atoms with Gasteiger partial charge in [0, 0.05) is 40.3 Å². The third kappa shape index (κ3) is 3.72. The lowest BCUT2D eigenvalue weighted by Crippen LogP contribution is -2.08. The normalized spacial score (nSPS) is 11.5. The van der Waals surface area contributed by atoms with Gasteiger partial charge in [0.2, 0.25) is 0 Å². The Morgan fingerprint density at radius 1 is 0.439 bits per heavy atom. The summed E-state index contributed by atoms with van der Waals surface area (Å²) in [5.74, 6) is 0. The molecule has 0 bridgehead atoms. The molecule has 41 heavy (non-hydrogen) atoms. The second-order valence-electron chi connectivity index (χ2n) is 10.7. The first-order valence-electron chi connectivity index (χ1n) is 14.1. The van der Waals surface area contributed by atoms with Gasteiger partial charge < -0.3 is 9.47 Å². The zero-order valence-corrected chi connectivity index (χ0v) is 22.8. The van der Waals surface area contributed by atoms with Gasteiger partial charge in [-0.3, -0.25) is 0 Å². The first kappa shape index (κ1) is 23.5. The van der Waals surface area contributed by atoms with Crippen LogP contribution in [0.25, 0.3) is 60.2 Å². The standard InChI is InChI=1S/C39H28N2/c1-40(29-16-6-3-7-17-29)30-23-24-37-36(26-30)38-34-21-10-8-19-32(34)33-20-9-11-22-35(33)39(38)41(37)31-18-12-15-28(25-31)27-13-4-2-5-14-27/h2-26H,1H3. The lowest BCUT2D eigenvalue weighted by molar-refractivity contribution is 1.18. The van der Waals surface area contributed by atoms with E-state index in [9.17, 15) is 0 Å². The van der Waals surface area contributed by atoms with E-state index in [-0.39, 0.29) is 0 Å². The summed E-state index contributed by atoms with van der Waals surface area (Å²) in [6.45, 7) is 0. The van der Waals surface area contributed by atoms with Gasteiger partial charge >= 0.3 is 0 Å². The highest BCUT2D eigenvalue weighted by Gasteiger charge is 2.20. The fraction of sp³-hybridized carbons (Fsp3) is 0.0256. The lowest BCUT2D eigenvalue weighted by atomic mass is 9.96. The number of aromatic nitrogens is 1. The second-order valence-corrected chi connectivity index (χ2v) is 10.7. The maximum absolute atomic E-state index is 2.47. The molecule has 0 fully saturated rings. The molecule has 7 aromatic carbocycles. The van der Waals surface area contributed by atoms with Crippen LogP contribution in [0.1, 0.15) is 0 Å². The van der Waals surface area contributed by atoms with Gasteiger partial charge in [0.05, 0.1) is 11.0 Å². The van der Waals surface area contributed by atoms with Crippen LogP contribution < -0.4 is 4.90 Å². The van der Waals surface area contributed by atoms with Gasteiger partial charge in [0.1, 0.15) is 0 Å². The number of para-hydroxylation sites is 1. The van der Waals surface area contributed by atoms with Crippen molar-refractivity contribution in [3.8, 4) is 16.8 Å². The van der Waals surface area contributed by atoms with E-state index in [1.54, 1.807) is 0 Å². The first-order valence-corrected chi connectivity index (χ1v) is 14.1. The summed E-state index contributed by atoms with van der Waals surface area (Å²) in [6.07, 6.45) is 0. The SMILES string of the molecule is CN(c1ccccc1)c1ccc2c(c1)c1c3ccccc3c3ccccc3c1n2-c1cccc(-c2ccccc2)c1. The van der Waals surface area contributed by atoms with Crippen molar-refractivity contribution >= 4 is 54.7 Å². The maximum Gasteiger partial charge on any atom is 0.0625 e. The van der Waals surface area contributed by atoms with Crippen molar-refractivity contribution in [2.75, 3.05) is 11.9 Å². The van der Waals surface area contributed by atoms with Crippen LogP contribution in [-0.4, -0.2) is 11.6 Å². The number of fused-ring (bicyclic) bond motifs is 8. The van der Waals surface area contributed by atoms with Crippen LogP contribution in [0, 0.1) is 0 Å². The third-order valence-corrected chi connectivity index (χ3v) is 8.36. The van der Waals surface area contributed by atoms with Gasteiger partial charge in [0.25, 0.3) is 0 Å². The monoisotopic (exact) mass is 524 g/mol. The van der Waals surface area contributed by atoms with Crippen LogP contribution >= 0.6 is 0 Å². The molecule has 194 valence electrons. The minimum Gasteiger partial charge on any atom is -0.345 e. The lowest BCUT2D eigenvalue weighted by Gasteiger charge is -2.19. The molecule has 2 nitrogen and oxygen atoms in total. The summed E-state index contributed by atoms with van der Waals surface area (Å²) in [4.78, 5) is 2.27. The summed E-state index contributed by atoms with van der Waals surface area (Å²) in [6, 6.07) is 54.7. The van der Waals surface area contributed by atoms with Crippen molar-refractivity contribution in [1.29, 1.82) is 0 Å². The Balaban J connectivity index is 1.51. The van der Waals surface area contributed by atoms with Crippen molar-refractivity contribution in [2.45, 2.75) is 0 Å². The summed E-state index contributed by atoms with van der Waals surface area (Å²) in [5, 5.41) is 7.66. The topological polar surface area (TPSA) is 8.17 Å². The maximum atomic E-state index is 2.47. The molecule has 0 radical (unpaired) electrons. The van der Waals surface area contributed by atoms with Crippen molar-refractivity contribution in [2.24, 2.45) is 0 Å². The number of hydrogen-bond donors (Lipinski definition) is 0. The quantitative estimate of drug-likeness (QED) is 0.208. The first-order chi connectivity index (χ1) is 20.3. The van der Waals surface area contributed by atoms with E-state index in [0.717, 1.165) is 11.4 Å². The van der Waals surface area contributed by atoms with E-state index in [1.807, 2.05) is 0 Å². The van der Waals surface area contributed by atoms with E-state index < -0.39 is 0 Å². The van der Waals surface area contributed by atoms with E-state index in [2.05, 4.69) is 168 Å². The zero-order chi connectivity index (χ0) is 27.3. The number of nitrogens with zero attached hydrogens (tertiary/aromatic N) is 2. The molecule has 0 amide bonds. The van der Waals surface area contributed by atoms with Crippen molar-refractivity contribution < 1.29 is 0 Å². The van der Waals surface area contributed by atoms with Gasteiger partial charge in [-0.25, -0.2) is 0 Å². The molecule has 2 heteroatoms. The Morgan fingerprint density at radius 2 is 1.05 bits per heavy atom. The Kier molecular flexibility index (Phi) is 5.39. The summed E-state index contributed by atoms with van der Waals surface area (Å²) in [7, 11) is 2.15. The van der Waals surface area contributed by atoms with Gasteiger partial charge in [-0.05, 0) is 69.8 Å². The average Bonchev–Trinajstić information content (AvgIpc) is 3.40. The Morgan fingerprint density at radius 3 is 1.80 bits per heavy atom. The largest absolute Gasteiger partial charge is 0.345 e. The average molecular weight is 525 g/mol. The van der Waals surface area contributed by atoms with Crippen LogP contribution in [0.5, 0.6) is 0 Å². The van der Waals surface area contributed by atoms with Gasteiger partial charge in [-0.1, -0.05) is 109 Å². The van der Waals surface area contributed by atoms with Crippen LogP contribution in [-0.2, 0) is 0 Å². The minimum absolute atomic E-state index is 1.16. The molecular weight excluding hydrogens is 496 g/mol. The number of anilines is 2. The van der Waals surface area contributed by atoms with Crippen molar-refractivity contribution in [3.63, 3.8) is 0 Å². The van der Waals surface area contributed by atoms with Crippen molar-refractivity contribution in [1.82, 2.24) is 4.57 Å². The van der Waals surface area contributed by atoms with Crippen LogP contribution in [0.3, 0.4) is 0 Å². The van der Waals surface area contributed by atoms with Gasteiger partial charge in [-0.2, -0.15) is 0 Å². The fourth-order valence-corrected chi connectivity index (χ4v) is 6.40. The van der Waals surface area contributed by atoms with E-state index in [0.29, 0.717) is 0 Å². The van der Waals surface area contributed by atoms with Crippen molar-refractivity contribution in [3.05, 3.63) is 152 Å². The molecule has 1 aromatic heterocycles. The number of hydrogen-bond acceptors (Lipinski definition) is 1. The Hall–Kier alpha value is -5.34. The summed E-state index contributed by atoms with van der Waals surface area (Å²) >= 11 is 0. The molecule has 8 rings (SSSR count). The highest BCUT2D eigenvalue weighted by atomic mass is 15.1. The third-order valence-electron chi connectivity index (χ3n) is 8.36. The zero-order valence-electron chi connectivity index (χ0n) is 22.8. The molecule has 0 saturated heterocycles. The highest BCUT2D eigenvalue weighted by molar-refractivity contribution is 6.32. The molecule has 0 aliphatic rings. The summed E-state index contributed by atoms with van der Waals surface area (Å²) < 4.78 is 2.47. The molecular formula is C39H28N2. The molecule has 0 N–H and O–H groups in total.